The molecule has 1 heterocycles. The van der Waals surface area contributed by atoms with Gasteiger partial charge >= 0.3 is 11.7 Å². The van der Waals surface area contributed by atoms with E-state index in [0.717, 1.165) is 17.1 Å². The van der Waals surface area contributed by atoms with E-state index in [0.29, 0.717) is 22.6 Å². The zero-order valence-corrected chi connectivity index (χ0v) is 15.9. The highest BCUT2D eigenvalue weighted by atomic mass is 16.6. The summed E-state index contributed by atoms with van der Waals surface area (Å²) in [7, 11) is 0. The van der Waals surface area contributed by atoms with Crippen LogP contribution in [-0.4, -0.2) is 32.3 Å². The van der Waals surface area contributed by atoms with E-state index in [9.17, 15) is 19.7 Å². The minimum absolute atomic E-state index is 0.211. The molecule has 0 atom stereocenters. The first-order valence-corrected chi connectivity index (χ1v) is 8.80. The van der Waals surface area contributed by atoms with Crippen molar-refractivity contribution in [3.05, 3.63) is 88.2 Å². The van der Waals surface area contributed by atoms with Gasteiger partial charge in [-0.15, -0.1) is 0 Å². The second-order valence-corrected chi connectivity index (χ2v) is 6.14. The fraction of sp³-hybridized carbons (Fsp3) is 0.100. The minimum atomic E-state index is -0.600. The standard InChI is InChI=1S/C20H17N5O5/c1-14(22-23-19(26)13-24-12-16(11-21-24)25(28)29)17-9-5-6-10-18(17)30-20(27)15-7-3-2-4-8-15/h2-12H,13H2,1H3,(H,23,26). The number of amides is 1. The molecule has 2 aromatic carbocycles. The smallest absolute Gasteiger partial charge is 0.343 e. The maximum atomic E-state index is 12.3. The van der Waals surface area contributed by atoms with E-state index in [1.54, 1.807) is 61.5 Å². The zero-order chi connectivity index (χ0) is 21.5. The number of carbonyl (C=O) groups is 2. The minimum Gasteiger partial charge on any atom is -0.422 e. The van der Waals surface area contributed by atoms with Gasteiger partial charge in [0.25, 0.3) is 5.91 Å². The van der Waals surface area contributed by atoms with E-state index in [4.69, 9.17) is 4.74 Å². The molecule has 1 aromatic heterocycles. The highest BCUT2D eigenvalue weighted by Gasteiger charge is 2.14. The lowest BCUT2D eigenvalue weighted by molar-refractivity contribution is -0.385. The molecule has 0 unspecified atom stereocenters. The van der Waals surface area contributed by atoms with Crippen LogP contribution in [0.2, 0.25) is 0 Å². The largest absolute Gasteiger partial charge is 0.422 e. The summed E-state index contributed by atoms with van der Waals surface area (Å²) in [5.74, 6) is -0.740. The number of para-hydroxylation sites is 1. The van der Waals surface area contributed by atoms with Crippen molar-refractivity contribution in [1.82, 2.24) is 15.2 Å². The Labute approximate surface area is 170 Å². The third-order valence-electron chi connectivity index (χ3n) is 3.97. The molecule has 152 valence electrons. The van der Waals surface area contributed by atoms with Crippen molar-refractivity contribution in [3.63, 3.8) is 0 Å². The van der Waals surface area contributed by atoms with Crippen LogP contribution in [0.3, 0.4) is 0 Å². The van der Waals surface area contributed by atoms with E-state index in [1.165, 1.54) is 0 Å². The fourth-order valence-corrected chi connectivity index (χ4v) is 2.51. The number of aromatic nitrogens is 2. The van der Waals surface area contributed by atoms with Crippen LogP contribution in [-0.2, 0) is 11.3 Å². The third-order valence-corrected chi connectivity index (χ3v) is 3.97. The Morgan fingerprint density at radius 1 is 1.17 bits per heavy atom. The molecule has 0 saturated carbocycles. The molecule has 0 aliphatic heterocycles. The van der Waals surface area contributed by atoms with E-state index in [1.807, 2.05) is 0 Å². The van der Waals surface area contributed by atoms with Gasteiger partial charge in [-0.2, -0.15) is 10.2 Å². The van der Waals surface area contributed by atoms with Crippen molar-refractivity contribution in [2.24, 2.45) is 5.10 Å². The molecular weight excluding hydrogens is 390 g/mol. The van der Waals surface area contributed by atoms with Gasteiger partial charge in [0.05, 0.1) is 16.2 Å². The highest BCUT2D eigenvalue weighted by Crippen LogP contribution is 2.20. The second kappa shape index (κ2) is 9.24. The second-order valence-electron chi connectivity index (χ2n) is 6.14. The monoisotopic (exact) mass is 407 g/mol. The summed E-state index contributed by atoms with van der Waals surface area (Å²) in [6.45, 7) is 1.41. The molecule has 0 aliphatic carbocycles. The summed E-state index contributed by atoms with van der Waals surface area (Å²) in [5.41, 5.74) is 3.49. The summed E-state index contributed by atoms with van der Waals surface area (Å²) < 4.78 is 6.60. The van der Waals surface area contributed by atoms with Gasteiger partial charge < -0.3 is 4.74 Å². The Kier molecular flexibility index (Phi) is 6.28. The number of hydrogen-bond acceptors (Lipinski definition) is 7. The Hall–Kier alpha value is -4.34. The van der Waals surface area contributed by atoms with Crippen molar-refractivity contribution < 1.29 is 19.2 Å². The Morgan fingerprint density at radius 3 is 2.57 bits per heavy atom. The van der Waals surface area contributed by atoms with E-state index in [2.05, 4.69) is 15.6 Å². The first kappa shape index (κ1) is 20.4. The molecule has 0 saturated heterocycles. The highest BCUT2D eigenvalue weighted by molar-refractivity contribution is 6.02. The van der Waals surface area contributed by atoms with Crippen molar-refractivity contribution in [2.75, 3.05) is 0 Å². The predicted molar refractivity (Wildman–Crippen MR) is 107 cm³/mol. The Balaban J connectivity index is 1.67. The van der Waals surface area contributed by atoms with Gasteiger partial charge in [-0.3, -0.25) is 19.6 Å². The summed E-state index contributed by atoms with van der Waals surface area (Å²) in [6.07, 6.45) is 2.20. The molecule has 0 aliphatic rings. The molecule has 1 amide bonds. The lowest BCUT2D eigenvalue weighted by Gasteiger charge is -2.10. The topological polar surface area (TPSA) is 129 Å². The molecule has 3 aromatic rings. The molecular formula is C20H17N5O5. The van der Waals surface area contributed by atoms with Gasteiger partial charge in [0.15, 0.2) is 0 Å². The van der Waals surface area contributed by atoms with Gasteiger partial charge in [-0.25, -0.2) is 10.2 Å². The first-order valence-electron chi connectivity index (χ1n) is 8.80. The van der Waals surface area contributed by atoms with Gasteiger partial charge in [-0.05, 0) is 31.2 Å². The number of nitrogens with zero attached hydrogens (tertiary/aromatic N) is 4. The SMILES string of the molecule is CC(=NNC(=O)Cn1cc([N+](=O)[O-])cn1)c1ccccc1OC(=O)c1ccccc1. The van der Waals surface area contributed by atoms with Crippen molar-refractivity contribution in [1.29, 1.82) is 0 Å². The third kappa shape index (κ3) is 5.13. The number of benzene rings is 2. The quantitative estimate of drug-likeness (QED) is 0.211. The van der Waals surface area contributed by atoms with Crippen LogP contribution in [0, 0.1) is 10.1 Å². The number of nitro groups is 1. The Morgan fingerprint density at radius 2 is 1.87 bits per heavy atom. The number of rotatable bonds is 7. The summed E-state index contributed by atoms with van der Waals surface area (Å²) in [4.78, 5) is 34.4. The number of hydrogen-bond donors (Lipinski definition) is 1. The average Bonchev–Trinajstić information content (AvgIpc) is 3.22. The fourth-order valence-electron chi connectivity index (χ4n) is 2.51. The van der Waals surface area contributed by atoms with Crippen LogP contribution in [0.25, 0.3) is 0 Å². The van der Waals surface area contributed by atoms with Gasteiger partial charge in [0.1, 0.15) is 24.7 Å². The predicted octanol–water partition coefficient (Wildman–Crippen LogP) is 2.55. The van der Waals surface area contributed by atoms with Crippen LogP contribution < -0.4 is 10.2 Å². The zero-order valence-electron chi connectivity index (χ0n) is 15.9. The summed E-state index contributed by atoms with van der Waals surface area (Å²) in [5, 5.41) is 18.4. The van der Waals surface area contributed by atoms with E-state index >= 15 is 0 Å². The molecule has 0 spiro atoms. The van der Waals surface area contributed by atoms with Crippen LogP contribution in [0.1, 0.15) is 22.8 Å². The number of nitrogens with one attached hydrogen (secondary N) is 1. The van der Waals surface area contributed by atoms with Crippen LogP contribution in [0.15, 0.2) is 72.1 Å². The lowest BCUT2D eigenvalue weighted by atomic mass is 10.1. The van der Waals surface area contributed by atoms with Gasteiger partial charge in [-0.1, -0.05) is 30.3 Å². The van der Waals surface area contributed by atoms with Crippen LogP contribution >= 0.6 is 0 Å². The van der Waals surface area contributed by atoms with Crippen molar-refractivity contribution in [2.45, 2.75) is 13.5 Å². The Bertz CT molecular complexity index is 1110. The number of hydrazone groups is 1. The summed E-state index contributed by atoms with van der Waals surface area (Å²) >= 11 is 0. The molecule has 0 radical (unpaired) electrons. The van der Waals surface area contributed by atoms with Crippen LogP contribution in [0.5, 0.6) is 5.75 Å². The number of esters is 1. The average molecular weight is 407 g/mol. The van der Waals surface area contributed by atoms with Crippen LogP contribution in [0.4, 0.5) is 5.69 Å². The maximum Gasteiger partial charge on any atom is 0.343 e. The van der Waals surface area contributed by atoms with Gasteiger partial charge in [0, 0.05) is 5.56 Å². The molecule has 10 heteroatoms. The summed E-state index contributed by atoms with van der Waals surface area (Å²) in [6, 6.07) is 15.4. The van der Waals surface area contributed by atoms with E-state index in [-0.39, 0.29) is 12.2 Å². The number of carbonyl (C=O) groups excluding carboxylic acids is 2. The normalized spacial score (nSPS) is 11.0. The molecule has 3 rings (SSSR count). The van der Waals surface area contributed by atoms with Gasteiger partial charge in [0.2, 0.25) is 0 Å². The molecule has 0 fully saturated rings. The van der Waals surface area contributed by atoms with Crippen molar-refractivity contribution in [3.8, 4) is 5.75 Å². The van der Waals surface area contributed by atoms with Crippen molar-refractivity contribution >= 4 is 23.3 Å². The molecule has 1 N–H and O–H groups in total. The molecule has 30 heavy (non-hydrogen) atoms. The first-order chi connectivity index (χ1) is 14.4. The maximum absolute atomic E-state index is 12.3. The van der Waals surface area contributed by atoms with E-state index < -0.39 is 16.8 Å². The lowest BCUT2D eigenvalue weighted by Crippen LogP contribution is -2.24. The number of ether oxygens (including phenoxy) is 1. The molecule has 0 bridgehead atoms. The molecule has 10 nitrogen and oxygen atoms in total.